The molecule has 1 heterocycles. The van der Waals surface area contributed by atoms with Crippen molar-refractivity contribution < 1.29 is 18.8 Å². The standard InChI is InChI=1S/C22H21FN4O3/c1-27(19-8-9-20(29)26-22(19)30)12-17-16(13-28)6-3-7-18(17)25-11-15-5-2-4-14(10-24)21(15)23/h2-7,13,19,25H,8-9,11-12H2,1H3,(H,26,29,30). The number of anilines is 1. The van der Waals surface area contributed by atoms with Crippen molar-refractivity contribution >= 4 is 23.8 Å². The summed E-state index contributed by atoms with van der Waals surface area (Å²) in [6.07, 6.45) is 1.39. The van der Waals surface area contributed by atoms with Gasteiger partial charge < -0.3 is 5.32 Å². The molecule has 3 rings (SSSR count). The van der Waals surface area contributed by atoms with E-state index in [1.807, 2.05) is 6.07 Å². The third kappa shape index (κ3) is 4.53. The predicted molar refractivity (Wildman–Crippen MR) is 108 cm³/mol. The molecule has 2 aromatic rings. The quantitative estimate of drug-likeness (QED) is 0.539. The van der Waals surface area contributed by atoms with E-state index in [1.165, 1.54) is 6.07 Å². The second-order valence-electron chi connectivity index (χ2n) is 7.12. The van der Waals surface area contributed by atoms with Crippen LogP contribution in [0, 0.1) is 17.1 Å². The van der Waals surface area contributed by atoms with Crippen molar-refractivity contribution in [2.45, 2.75) is 32.0 Å². The Balaban J connectivity index is 1.81. The zero-order valence-electron chi connectivity index (χ0n) is 16.4. The highest BCUT2D eigenvalue weighted by Gasteiger charge is 2.30. The third-order valence-corrected chi connectivity index (χ3v) is 5.16. The Morgan fingerprint density at radius 2 is 2.07 bits per heavy atom. The number of hydrogen-bond donors (Lipinski definition) is 2. The van der Waals surface area contributed by atoms with Gasteiger partial charge in [0.25, 0.3) is 0 Å². The van der Waals surface area contributed by atoms with E-state index in [0.29, 0.717) is 28.8 Å². The van der Waals surface area contributed by atoms with Crippen molar-refractivity contribution in [1.29, 1.82) is 5.26 Å². The molecule has 1 unspecified atom stereocenters. The maximum atomic E-state index is 14.4. The van der Waals surface area contributed by atoms with Crippen LogP contribution in [0.1, 0.15) is 39.9 Å². The van der Waals surface area contributed by atoms with Crippen LogP contribution in [-0.2, 0) is 22.7 Å². The molecule has 0 radical (unpaired) electrons. The summed E-state index contributed by atoms with van der Waals surface area (Å²) in [5.74, 6) is -1.23. The molecule has 2 N–H and O–H groups in total. The maximum Gasteiger partial charge on any atom is 0.243 e. The monoisotopic (exact) mass is 408 g/mol. The molecule has 154 valence electrons. The minimum absolute atomic E-state index is 0.0336. The van der Waals surface area contributed by atoms with Gasteiger partial charge in [0.05, 0.1) is 11.6 Å². The van der Waals surface area contributed by atoms with Crippen molar-refractivity contribution in [3.05, 3.63) is 64.5 Å². The van der Waals surface area contributed by atoms with E-state index < -0.39 is 11.9 Å². The molecule has 1 atom stereocenters. The first-order valence-electron chi connectivity index (χ1n) is 9.47. The van der Waals surface area contributed by atoms with Crippen molar-refractivity contribution in [3.8, 4) is 6.07 Å². The van der Waals surface area contributed by atoms with Crippen LogP contribution in [0.5, 0.6) is 0 Å². The summed E-state index contributed by atoms with van der Waals surface area (Å²) in [6.45, 7) is 0.406. The zero-order chi connectivity index (χ0) is 21.7. The van der Waals surface area contributed by atoms with Gasteiger partial charge in [-0.3, -0.25) is 24.6 Å². The van der Waals surface area contributed by atoms with Crippen molar-refractivity contribution in [2.75, 3.05) is 12.4 Å². The number of nitrogens with zero attached hydrogens (tertiary/aromatic N) is 2. The summed E-state index contributed by atoms with van der Waals surface area (Å²) >= 11 is 0. The van der Waals surface area contributed by atoms with Crippen LogP contribution >= 0.6 is 0 Å². The van der Waals surface area contributed by atoms with Crippen LogP contribution in [0.25, 0.3) is 0 Å². The van der Waals surface area contributed by atoms with Crippen molar-refractivity contribution in [1.82, 2.24) is 10.2 Å². The molecule has 1 aliphatic heterocycles. The van der Waals surface area contributed by atoms with Gasteiger partial charge in [0.1, 0.15) is 18.2 Å². The molecule has 1 fully saturated rings. The van der Waals surface area contributed by atoms with E-state index >= 15 is 0 Å². The van der Waals surface area contributed by atoms with E-state index in [4.69, 9.17) is 5.26 Å². The second-order valence-corrected chi connectivity index (χ2v) is 7.12. The fourth-order valence-electron chi connectivity index (χ4n) is 3.51. The van der Waals surface area contributed by atoms with Gasteiger partial charge in [-0.1, -0.05) is 24.3 Å². The molecule has 0 spiro atoms. The number of nitrogens with one attached hydrogen (secondary N) is 2. The summed E-state index contributed by atoms with van der Waals surface area (Å²) in [5, 5.41) is 14.5. The molecule has 0 aromatic heterocycles. The van der Waals surface area contributed by atoms with Crippen LogP contribution in [-0.4, -0.2) is 36.1 Å². The summed E-state index contributed by atoms with van der Waals surface area (Å²) in [5.41, 5.74) is 2.03. The van der Waals surface area contributed by atoms with E-state index in [0.717, 1.165) is 6.29 Å². The number of carbonyl (C=O) groups is 3. The average molecular weight is 408 g/mol. The topological polar surface area (TPSA) is 102 Å². The lowest BCUT2D eigenvalue weighted by Crippen LogP contribution is -2.51. The van der Waals surface area contributed by atoms with Crippen LogP contribution in [0.15, 0.2) is 36.4 Å². The second kappa shape index (κ2) is 9.29. The number of rotatable bonds is 7. The molecule has 1 aliphatic rings. The highest BCUT2D eigenvalue weighted by Crippen LogP contribution is 2.24. The Bertz CT molecular complexity index is 1030. The number of imide groups is 1. The molecule has 1 saturated heterocycles. The van der Waals surface area contributed by atoms with Gasteiger partial charge in [0.15, 0.2) is 0 Å². The molecule has 8 heteroatoms. The lowest BCUT2D eigenvalue weighted by molar-refractivity contribution is -0.137. The Morgan fingerprint density at radius 3 is 2.77 bits per heavy atom. The zero-order valence-corrected chi connectivity index (χ0v) is 16.4. The number of likely N-dealkylation sites (N-methyl/N-ethyl adjacent to an activating group) is 1. The Labute approximate surface area is 173 Å². The number of carbonyl (C=O) groups excluding carboxylic acids is 3. The lowest BCUT2D eigenvalue weighted by Gasteiger charge is -2.30. The average Bonchev–Trinajstić information content (AvgIpc) is 2.73. The van der Waals surface area contributed by atoms with Gasteiger partial charge in [-0.05, 0) is 31.2 Å². The number of amides is 2. The van der Waals surface area contributed by atoms with E-state index in [9.17, 15) is 18.8 Å². The number of aldehydes is 1. The Hall–Kier alpha value is -3.57. The first-order chi connectivity index (χ1) is 14.4. The molecular weight excluding hydrogens is 387 g/mol. The number of hydrogen-bond acceptors (Lipinski definition) is 6. The number of piperidine rings is 1. The Kier molecular flexibility index (Phi) is 6.54. The highest BCUT2D eigenvalue weighted by atomic mass is 19.1. The van der Waals surface area contributed by atoms with Crippen molar-refractivity contribution in [2.24, 2.45) is 0 Å². The SMILES string of the molecule is CN(Cc1c(C=O)cccc1NCc1cccc(C#N)c1F)C1CCC(=O)NC1=O. The lowest BCUT2D eigenvalue weighted by atomic mass is 10.0. The molecule has 2 amide bonds. The molecule has 2 aromatic carbocycles. The molecule has 0 saturated carbocycles. The highest BCUT2D eigenvalue weighted by molar-refractivity contribution is 6.00. The van der Waals surface area contributed by atoms with Crippen molar-refractivity contribution in [3.63, 3.8) is 0 Å². The van der Waals surface area contributed by atoms with E-state index in [1.54, 1.807) is 42.3 Å². The van der Waals surface area contributed by atoms with E-state index in [2.05, 4.69) is 10.6 Å². The third-order valence-electron chi connectivity index (χ3n) is 5.16. The number of benzene rings is 2. The van der Waals surface area contributed by atoms with Gasteiger partial charge in [-0.25, -0.2) is 4.39 Å². The van der Waals surface area contributed by atoms with Gasteiger partial charge in [-0.2, -0.15) is 5.26 Å². The summed E-state index contributed by atoms with van der Waals surface area (Å²) in [6, 6.07) is 11.1. The van der Waals surface area contributed by atoms with Crippen LogP contribution in [0.4, 0.5) is 10.1 Å². The van der Waals surface area contributed by atoms with Gasteiger partial charge in [0, 0.05) is 36.3 Å². The molecule has 0 aliphatic carbocycles. The van der Waals surface area contributed by atoms with Crippen LogP contribution < -0.4 is 10.6 Å². The molecule has 0 bridgehead atoms. The van der Waals surface area contributed by atoms with Crippen LogP contribution in [0.2, 0.25) is 0 Å². The van der Waals surface area contributed by atoms with Gasteiger partial charge in [0.2, 0.25) is 11.8 Å². The van der Waals surface area contributed by atoms with Gasteiger partial charge >= 0.3 is 0 Å². The minimum atomic E-state index is -0.582. The fourth-order valence-corrected chi connectivity index (χ4v) is 3.51. The normalized spacial score (nSPS) is 16.1. The smallest absolute Gasteiger partial charge is 0.243 e. The summed E-state index contributed by atoms with van der Waals surface area (Å²) in [4.78, 5) is 36.9. The molecular formula is C22H21FN4O3. The molecule has 30 heavy (non-hydrogen) atoms. The fraction of sp³-hybridized carbons (Fsp3) is 0.273. The largest absolute Gasteiger partial charge is 0.381 e. The first kappa shape index (κ1) is 21.1. The Morgan fingerprint density at radius 1 is 1.30 bits per heavy atom. The minimum Gasteiger partial charge on any atom is -0.381 e. The predicted octanol–water partition coefficient (Wildman–Crippen LogP) is 2.36. The first-order valence-corrected chi connectivity index (χ1v) is 9.47. The van der Waals surface area contributed by atoms with Gasteiger partial charge in [-0.15, -0.1) is 0 Å². The molecule has 7 nitrogen and oxygen atoms in total. The maximum absolute atomic E-state index is 14.4. The number of nitriles is 1. The number of halogens is 1. The summed E-state index contributed by atoms with van der Waals surface area (Å²) < 4.78 is 14.4. The summed E-state index contributed by atoms with van der Waals surface area (Å²) in [7, 11) is 1.75. The van der Waals surface area contributed by atoms with E-state index in [-0.39, 0.29) is 36.9 Å². The van der Waals surface area contributed by atoms with Crippen LogP contribution in [0.3, 0.4) is 0 Å².